The largest absolute Gasteiger partial charge is 0.496 e. The van der Waals surface area contributed by atoms with Crippen LogP contribution < -0.4 is 19.7 Å². The molecule has 0 spiro atoms. The van der Waals surface area contributed by atoms with E-state index in [9.17, 15) is 19.5 Å². The molecule has 0 aliphatic rings. The third-order valence-corrected chi connectivity index (χ3v) is 5.21. The van der Waals surface area contributed by atoms with E-state index in [-0.39, 0.29) is 23.4 Å². The van der Waals surface area contributed by atoms with E-state index in [1.807, 2.05) is 6.07 Å². The first-order valence-corrected chi connectivity index (χ1v) is 10.3. The molecule has 12 heteroatoms. The lowest BCUT2D eigenvalue weighted by Gasteiger charge is -2.23. The van der Waals surface area contributed by atoms with E-state index in [0.717, 1.165) is 7.11 Å². The van der Waals surface area contributed by atoms with Crippen LogP contribution in [0.5, 0.6) is 11.5 Å². The molecule has 0 aliphatic carbocycles. The second-order valence-electron chi connectivity index (χ2n) is 7.39. The molecule has 1 amide bonds. The Labute approximate surface area is 199 Å². The molecule has 1 atom stereocenters. The van der Waals surface area contributed by atoms with Crippen LogP contribution in [-0.2, 0) is 9.59 Å². The van der Waals surface area contributed by atoms with Crippen LogP contribution >= 0.6 is 0 Å². The van der Waals surface area contributed by atoms with Crippen LogP contribution in [0.15, 0.2) is 36.5 Å². The first-order valence-electron chi connectivity index (χ1n) is 10.3. The van der Waals surface area contributed by atoms with Gasteiger partial charge < -0.3 is 29.9 Å². The van der Waals surface area contributed by atoms with E-state index in [1.54, 1.807) is 25.2 Å². The summed E-state index contributed by atoms with van der Waals surface area (Å²) < 4.78 is 26.0. The summed E-state index contributed by atoms with van der Waals surface area (Å²) in [4.78, 5) is 45.4. The Bertz CT molecular complexity index is 1280. The molecular formula is C23H23FN4O7. The van der Waals surface area contributed by atoms with Crippen LogP contribution in [0.25, 0.3) is 11.0 Å². The molecule has 2 aromatic carbocycles. The SMILES string of the molecule is COc1cc(N(C)c2cnc3ccccc3n2)c(F)c(OC)c1C(=O)NC(CCC(=O)O)C(=O)O. The lowest BCUT2D eigenvalue weighted by atomic mass is 10.1. The number of amides is 1. The molecule has 1 heterocycles. The van der Waals surface area contributed by atoms with Crippen LogP contribution in [0.2, 0.25) is 0 Å². The summed E-state index contributed by atoms with van der Waals surface area (Å²) in [6.07, 6.45) is 0.600. The number of methoxy groups -OCH3 is 2. The first kappa shape index (κ1) is 25.1. The Hall–Kier alpha value is -4.48. The summed E-state index contributed by atoms with van der Waals surface area (Å²) in [6, 6.07) is 6.88. The van der Waals surface area contributed by atoms with Gasteiger partial charge in [0.25, 0.3) is 5.91 Å². The zero-order valence-electron chi connectivity index (χ0n) is 19.1. The highest BCUT2D eigenvalue weighted by atomic mass is 19.1. The first-order chi connectivity index (χ1) is 16.7. The lowest BCUT2D eigenvalue weighted by molar-refractivity contribution is -0.140. The van der Waals surface area contributed by atoms with E-state index in [4.69, 9.17) is 14.6 Å². The van der Waals surface area contributed by atoms with Crippen LogP contribution in [0, 0.1) is 5.82 Å². The predicted molar refractivity (Wildman–Crippen MR) is 123 cm³/mol. The van der Waals surface area contributed by atoms with Crippen molar-refractivity contribution < 1.29 is 38.5 Å². The molecule has 1 unspecified atom stereocenters. The van der Waals surface area contributed by atoms with Gasteiger partial charge in [0.15, 0.2) is 17.4 Å². The van der Waals surface area contributed by atoms with Gasteiger partial charge in [-0.05, 0) is 18.6 Å². The van der Waals surface area contributed by atoms with Gasteiger partial charge in [0.05, 0.1) is 37.1 Å². The Morgan fingerprint density at radius 2 is 1.83 bits per heavy atom. The standard InChI is InChI=1S/C23H23FN4O7/c1-28(17-11-25-12-6-4-5-7-13(12)26-17)15-10-16(34-2)19(21(35-3)20(15)24)22(31)27-14(23(32)33)8-9-18(29)30/h4-7,10-11,14H,8-9H2,1-3H3,(H,27,31)(H,29,30)(H,32,33). The number of fused-ring (bicyclic) bond motifs is 1. The van der Waals surface area contributed by atoms with Crippen molar-refractivity contribution in [2.75, 3.05) is 26.2 Å². The molecule has 11 nitrogen and oxygen atoms in total. The third kappa shape index (κ3) is 5.37. The number of rotatable bonds is 10. The second-order valence-corrected chi connectivity index (χ2v) is 7.39. The highest BCUT2D eigenvalue weighted by Crippen LogP contribution is 2.39. The summed E-state index contributed by atoms with van der Waals surface area (Å²) in [5.74, 6) is -4.87. The van der Waals surface area contributed by atoms with Crippen LogP contribution in [0.3, 0.4) is 0 Å². The highest BCUT2D eigenvalue weighted by molar-refractivity contribution is 6.02. The quantitative estimate of drug-likeness (QED) is 0.390. The fourth-order valence-corrected chi connectivity index (χ4v) is 3.40. The summed E-state index contributed by atoms with van der Waals surface area (Å²) in [5, 5.41) is 20.4. The summed E-state index contributed by atoms with van der Waals surface area (Å²) in [7, 11) is 3.94. The maximum absolute atomic E-state index is 15.6. The predicted octanol–water partition coefficient (Wildman–Crippen LogP) is 2.60. The molecule has 1 aromatic heterocycles. The number of ether oxygens (including phenoxy) is 2. The van der Waals surface area contributed by atoms with Crippen molar-refractivity contribution in [2.45, 2.75) is 18.9 Å². The van der Waals surface area contributed by atoms with Crippen molar-refractivity contribution >= 4 is 40.4 Å². The Morgan fingerprint density at radius 3 is 2.43 bits per heavy atom. The monoisotopic (exact) mass is 486 g/mol. The molecule has 3 aromatic rings. The van der Waals surface area contributed by atoms with Gasteiger partial charge in [-0.25, -0.2) is 14.2 Å². The van der Waals surface area contributed by atoms with Crippen molar-refractivity contribution in [2.24, 2.45) is 0 Å². The van der Waals surface area contributed by atoms with Crippen molar-refractivity contribution in [1.82, 2.24) is 15.3 Å². The van der Waals surface area contributed by atoms with E-state index in [1.165, 1.54) is 24.3 Å². The number of benzene rings is 2. The van der Waals surface area contributed by atoms with E-state index >= 15 is 4.39 Å². The smallest absolute Gasteiger partial charge is 0.326 e. The van der Waals surface area contributed by atoms with Gasteiger partial charge in [-0.15, -0.1) is 0 Å². The number of hydrogen-bond donors (Lipinski definition) is 3. The molecule has 0 saturated heterocycles. The number of nitrogens with zero attached hydrogens (tertiary/aromatic N) is 3. The molecule has 0 saturated carbocycles. The molecule has 3 rings (SSSR count). The van der Waals surface area contributed by atoms with E-state index in [0.29, 0.717) is 16.9 Å². The molecular weight excluding hydrogens is 463 g/mol. The number of carbonyl (C=O) groups is 3. The average Bonchev–Trinajstić information content (AvgIpc) is 2.84. The van der Waals surface area contributed by atoms with Crippen LogP contribution in [0.4, 0.5) is 15.9 Å². The van der Waals surface area contributed by atoms with Crippen LogP contribution in [-0.4, -0.2) is 65.3 Å². The molecule has 3 N–H and O–H groups in total. The molecule has 0 aliphatic heterocycles. The number of carboxylic acids is 2. The fourth-order valence-electron chi connectivity index (χ4n) is 3.40. The zero-order chi connectivity index (χ0) is 25.7. The van der Waals surface area contributed by atoms with Gasteiger partial charge in [-0.1, -0.05) is 12.1 Å². The minimum atomic E-state index is -1.52. The maximum Gasteiger partial charge on any atom is 0.326 e. The number of carboxylic acid groups (broad SMARTS) is 2. The van der Waals surface area contributed by atoms with Crippen molar-refractivity contribution in [3.63, 3.8) is 0 Å². The summed E-state index contributed by atoms with van der Waals surface area (Å²) in [5.41, 5.74) is 0.827. The average molecular weight is 486 g/mol. The minimum Gasteiger partial charge on any atom is -0.496 e. The highest BCUT2D eigenvalue weighted by Gasteiger charge is 2.30. The molecule has 0 radical (unpaired) electrons. The van der Waals surface area contributed by atoms with Gasteiger partial charge in [0.2, 0.25) is 0 Å². The van der Waals surface area contributed by atoms with Gasteiger partial charge in [0, 0.05) is 19.5 Å². The van der Waals surface area contributed by atoms with Crippen molar-refractivity contribution in [3.8, 4) is 11.5 Å². The van der Waals surface area contributed by atoms with Crippen molar-refractivity contribution in [1.29, 1.82) is 0 Å². The number of para-hydroxylation sites is 2. The zero-order valence-corrected chi connectivity index (χ0v) is 19.1. The number of halogens is 1. The van der Waals surface area contributed by atoms with Gasteiger partial charge >= 0.3 is 11.9 Å². The summed E-state index contributed by atoms with van der Waals surface area (Å²) in [6.45, 7) is 0. The Morgan fingerprint density at radius 1 is 1.14 bits per heavy atom. The van der Waals surface area contributed by atoms with Gasteiger partial charge in [0.1, 0.15) is 17.4 Å². The number of aliphatic carboxylic acids is 2. The molecule has 35 heavy (non-hydrogen) atoms. The number of aromatic nitrogens is 2. The minimum absolute atomic E-state index is 0.0412. The van der Waals surface area contributed by atoms with Gasteiger partial charge in [-0.3, -0.25) is 14.6 Å². The van der Waals surface area contributed by atoms with Gasteiger partial charge in [-0.2, -0.15) is 0 Å². The fraction of sp³-hybridized carbons (Fsp3) is 0.261. The second kappa shape index (κ2) is 10.6. The van der Waals surface area contributed by atoms with E-state index in [2.05, 4.69) is 15.3 Å². The molecule has 0 fully saturated rings. The Kier molecular flexibility index (Phi) is 7.64. The van der Waals surface area contributed by atoms with Crippen molar-refractivity contribution in [3.05, 3.63) is 47.9 Å². The van der Waals surface area contributed by atoms with Crippen LogP contribution in [0.1, 0.15) is 23.2 Å². The lowest BCUT2D eigenvalue weighted by Crippen LogP contribution is -2.41. The topological polar surface area (TPSA) is 151 Å². The number of nitrogens with one attached hydrogen (secondary N) is 1. The number of anilines is 2. The summed E-state index contributed by atoms with van der Waals surface area (Å²) >= 11 is 0. The van der Waals surface area contributed by atoms with E-state index < -0.39 is 41.9 Å². The normalized spacial score (nSPS) is 11.5. The maximum atomic E-state index is 15.6. The molecule has 0 bridgehead atoms. The Balaban J connectivity index is 2.01. The third-order valence-electron chi connectivity index (χ3n) is 5.21. The number of hydrogen-bond acceptors (Lipinski definition) is 8. The number of carbonyl (C=O) groups excluding carboxylic acids is 1. The molecule has 184 valence electrons.